The molecule has 1 aliphatic carbocycles. The minimum Gasteiger partial charge on any atom is -0.348 e. The van der Waals surface area contributed by atoms with Crippen molar-refractivity contribution in [2.45, 2.75) is 39.2 Å². The molecule has 1 unspecified atom stereocenters. The molecule has 1 atom stereocenters. The molecule has 3 rings (SSSR count). The summed E-state index contributed by atoms with van der Waals surface area (Å²) in [4.78, 5) is 12.2. The summed E-state index contributed by atoms with van der Waals surface area (Å²) in [5.74, 6) is -0.139. The maximum atomic E-state index is 12.2. The van der Waals surface area contributed by atoms with Crippen LogP contribution in [0.4, 0.5) is 0 Å². The van der Waals surface area contributed by atoms with Gasteiger partial charge in [-0.25, -0.2) is 4.68 Å². The van der Waals surface area contributed by atoms with Gasteiger partial charge >= 0.3 is 0 Å². The fourth-order valence-corrected chi connectivity index (χ4v) is 2.89. The number of hydrogen-bond acceptors (Lipinski definition) is 3. The molecule has 1 heterocycles. The summed E-state index contributed by atoms with van der Waals surface area (Å²) in [7, 11) is 0. The Bertz CT molecular complexity index is 633. The normalized spacial score (nSPS) is 20.4. The van der Waals surface area contributed by atoms with Crippen molar-refractivity contribution in [2.75, 3.05) is 0 Å². The van der Waals surface area contributed by atoms with E-state index in [2.05, 4.69) is 29.5 Å². The first kappa shape index (κ1) is 13.8. The summed E-state index contributed by atoms with van der Waals surface area (Å²) >= 11 is 0. The van der Waals surface area contributed by atoms with Crippen LogP contribution in [0.1, 0.15) is 43.6 Å². The Hall–Kier alpha value is -2.17. The average Bonchev–Trinajstić information content (AvgIpc) is 3.07. The van der Waals surface area contributed by atoms with Crippen LogP contribution in [0.5, 0.6) is 0 Å². The SMILES string of the molecule is CC1(C)CCC(NC(=O)c2cn(-c3ccccc3)nn2)C1. The Labute approximate surface area is 124 Å². The topological polar surface area (TPSA) is 59.8 Å². The number of aromatic nitrogens is 3. The van der Waals surface area contributed by atoms with E-state index in [1.54, 1.807) is 10.9 Å². The number of nitrogens with one attached hydrogen (secondary N) is 1. The second-order valence-corrected chi connectivity index (χ2v) is 6.46. The van der Waals surface area contributed by atoms with E-state index in [1.807, 2.05) is 30.3 Å². The standard InChI is InChI=1S/C16H20N4O/c1-16(2)9-8-12(10-16)17-15(21)14-11-20(19-18-14)13-6-4-3-5-7-13/h3-7,11-12H,8-10H2,1-2H3,(H,17,21). The van der Waals surface area contributed by atoms with Gasteiger partial charge in [0, 0.05) is 6.04 Å². The van der Waals surface area contributed by atoms with Gasteiger partial charge in [0.25, 0.3) is 5.91 Å². The van der Waals surface area contributed by atoms with Crippen LogP contribution < -0.4 is 5.32 Å². The molecule has 0 spiro atoms. The van der Waals surface area contributed by atoms with Crippen LogP contribution in [0.15, 0.2) is 36.5 Å². The summed E-state index contributed by atoms with van der Waals surface area (Å²) in [6.45, 7) is 4.48. The molecule has 5 heteroatoms. The minimum absolute atomic E-state index is 0.139. The molecule has 110 valence electrons. The smallest absolute Gasteiger partial charge is 0.273 e. The van der Waals surface area contributed by atoms with Crippen molar-refractivity contribution >= 4 is 5.91 Å². The van der Waals surface area contributed by atoms with Crippen molar-refractivity contribution in [2.24, 2.45) is 5.41 Å². The maximum Gasteiger partial charge on any atom is 0.273 e. The number of amides is 1. The molecule has 0 bridgehead atoms. The average molecular weight is 284 g/mol. The van der Waals surface area contributed by atoms with Crippen LogP contribution >= 0.6 is 0 Å². The van der Waals surface area contributed by atoms with Crippen molar-refractivity contribution in [3.8, 4) is 5.69 Å². The first-order valence-corrected chi connectivity index (χ1v) is 7.32. The molecule has 1 aromatic carbocycles. The first-order valence-electron chi connectivity index (χ1n) is 7.32. The lowest BCUT2D eigenvalue weighted by Crippen LogP contribution is -2.33. The van der Waals surface area contributed by atoms with Gasteiger partial charge in [0.1, 0.15) is 0 Å². The Kier molecular flexibility index (Phi) is 3.49. The van der Waals surface area contributed by atoms with E-state index in [0.29, 0.717) is 11.1 Å². The summed E-state index contributed by atoms with van der Waals surface area (Å²) in [6.07, 6.45) is 4.87. The fourth-order valence-electron chi connectivity index (χ4n) is 2.89. The molecule has 1 fully saturated rings. The highest BCUT2D eigenvalue weighted by atomic mass is 16.2. The van der Waals surface area contributed by atoms with Crippen molar-refractivity contribution in [1.29, 1.82) is 0 Å². The third-order valence-corrected chi connectivity index (χ3v) is 4.05. The third kappa shape index (κ3) is 3.12. The monoisotopic (exact) mass is 284 g/mol. The van der Waals surface area contributed by atoms with Gasteiger partial charge in [-0.15, -0.1) is 5.10 Å². The van der Waals surface area contributed by atoms with Crippen molar-refractivity contribution in [1.82, 2.24) is 20.3 Å². The highest BCUT2D eigenvalue weighted by molar-refractivity contribution is 5.92. The Morgan fingerprint density at radius 3 is 2.76 bits per heavy atom. The molecule has 2 aromatic rings. The number of hydrogen-bond donors (Lipinski definition) is 1. The Balaban J connectivity index is 1.68. The van der Waals surface area contributed by atoms with Crippen LogP contribution in [-0.4, -0.2) is 26.9 Å². The van der Waals surface area contributed by atoms with Crippen LogP contribution in [0.25, 0.3) is 5.69 Å². The van der Waals surface area contributed by atoms with Crippen molar-refractivity contribution < 1.29 is 4.79 Å². The first-order chi connectivity index (χ1) is 10.0. The zero-order chi connectivity index (χ0) is 14.9. The van der Waals surface area contributed by atoms with E-state index in [9.17, 15) is 4.79 Å². The molecule has 0 radical (unpaired) electrons. The maximum absolute atomic E-state index is 12.2. The van der Waals surface area contributed by atoms with E-state index in [1.165, 1.54) is 0 Å². The van der Waals surface area contributed by atoms with Gasteiger partial charge in [0.05, 0.1) is 11.9 Å². The summed E-state index contributed by atoms with van der Waals surface area (Å²) in [6, 6.07) is 9.89. The second-order valence-electron chi connectivity index (χ2n) is 6.46. The molecule has 21 heavy (non-hydrogen) atoms. The molecule has 1 N–H and O–H groups in total. The molecule has 1 aromatic heterocycles. The van der Waals surface area contributed by atoms with Gasteiger partial charge in [0.15, 0.2) is 5.69 Å². The number of nitrogens with zero attached hydrogens (tertiary/aromatic N) is 3. The summed E-state index contributed by atoms with van der Waals surface area (Å²) in [5.41, 5.74) is 1.58. The number of rotatable bonds is 3. The van der Waals surface area contributed by atoms with Gasteiger partial charge in [-0.2, -0.15) is 0 Å². The largest absolute Gasteiger partial charge is 0.348 e. The second kappa shape index (κ2) is 5.31. The molecular weight excluding hydrogens is 264 g/mol. The van der Waals surface area contributed by atoms with Gasteiger partial charge in [-0.1, -0.05) is 37.3 Å². The lowest BCUT2D eigenvalue weighted by Gasteiger charge is -2.17. The van der Waals surface area contributed by atoms with E-state index in [-0.39, 0.29) is 11.9 Å². The predicted octanol–water partition coefficient (Wildman–Crippen LogP) is 2.58. The Morgan fingerprint density at radius 1 is 1.33 bits per heavy atom. The van der Waals surface area contributed by atoms with Crippen LogP contribution in [0.2, 0.25) is 0 Å². The quantitative estimate of drug-likeness (QED) is 0.942. The van der Waals surface area contributed by atoms with E-state index in [0.717, 1.165) is 24.9 Å². The number of benzene rings is 1. The van der Waals surface area contributed by atoms with Gasteiger partial charge in [0.2, 0.25) is 0 Å². The van der Waals surface area contributed by atoms with Gasteiger partial charge < -0.3 is 5.32 Å². The highest BCUT2D eigenvalue weighted by Gasteiger charge is 2.32. The third-order valence-electron chi connectivity index (χ3n) is 4.05. The zero-order valence-corrected chi connectivity index (χ0v) is 12.4. The summed E-state index contributed by atoms with van der Waals surface area (Å²) < 4.78 is 1.62. The van der Waals surface area contributed by atoms with E-state index < -0.39 is 0 Å². The molecule has 0 saturated heterocycles. The minimum atomic E-state index is -0.139. The zero-order valence-electron chi connectivity index (χ0n) is 12.4. The van der Waals surface area contributed by atoms with Crippen LogP contribution in [0, 0.1) is 5.41 Å². The Morgan fingerprint density at radius 2 is 2.10 bits per heavy atom. The number of para-hydroxylation sites is 1. The van der Waals surface area contributed by atoms with Gasteiger partial charge in [-0.3, -0.25) is 4.79 Å². The van der Waals surface area contributed by atoms with E-state index >= 15 is 0 Å². The van der Waals surface area contributed by atoms with E-state index in [4.69, 9.17) is 0 Å². The molecule has 5 nitrogen and oxygen atoms in total. The van der Waals surface area contributed by atoms with Crippen molar-refractivity contribution in [3.63, 3.8) is 0 Å². The molecule has 0 aliphatic heterocycles. The predicted molar refractivity (Wildman–Crippen MR) is 80.2 cm³/mol. The summed E-state index contributed by atoms with van der Waals surface area (Å²) in [5, 5.41) is 11.0. The lowest BCUT2D eigenvalue weighted by molar-refractivity contribution is 0.0931. The molecule has 1 saturated carbocycles. The van der Waals surface area contributed by atoms with Crippen molar-refractivity contribution in [3.05, 3.63) is 42.2 Å². The number of carbonyl (C=O) groups excluding carboxylic acids is 1. The van der Waals surface area contributed by atoms with Crippen LogP contribution in [-0.2, 0) is 0 Å². The lowest BCUT2D eigenvalue weighted by atomic mass is 9.92. The van der Waals surface area contributed by atoms with Gasteiger partial charge in [-0.05, 0) is 36.8 Å². The van der Waals surface area contributed by atoms with Crippen LogP contribution in [0.3, 0.4) is 0 Å². The number of carbonyl (C=O) groups is 1. The molecule has 1 aliphatic rings. The molecule has 1 amide bonds. The highest BCUT2D eigenvalue weighted by Crippen LogP contribution is 2.36. The fraction of sp³-hybridized carbons (Fsp3) is 0.438. The molecular formula is C16H20N4O.